The Morgan fingerprint density at radius 2 is 1.74 bits per heavy atom. The molecule has 1 aromatic carbocycles. The van der Waals surface area contributed by atoms with Gasteiger partial charge in [0.25, 0.3) is 0 Å². The Hall–Kier alpha value is -2.21. The first-order chi connectivity index (χ1) is 15.3. The van der Waals surface area contributed by atoms with Crippen LogP contribution in [0.5, 0.6) is 0 Å². The number of carbonyl (C=O) groups excluding carboxylic acids is 1. The molecule has 0 bridgehead atoms. The summed E-state index contributed by atoms with van der Waals surface area (Å²) in [4.78, 5) is 17.6. The van der Waals surface area contributed by atoms with Crippen LogP contribution in [0.25, 0.3) is 0 Å². The number of hydrogen-bond acceptors (Lipinski definition) is 4. The number of aromatic nitrogens is 3. The van der Waals surface area contributed by atoms with Crippen molar-refractivity contribution in [1.82, 2.24) is 24.6 Å². The van der Waals surface area contributed by atoms with E-state index in [2.05, 4.69) is 54.9 Å². The molecule has 166 valence electrons. The van der Waals surface area contributed by atoms with Gasteiger partial charge in [0.05, 0.1) is 12.6 Å². The van der Waals surface area contributed by atoms with Crippen molar-refractivity contribution in [3.05, 3.63) is 47.5 Å². The van der Waals surface area contributed by atoms with E-state index in [-0.39, 0.29) is 6.04 Å². The van der Waals surface area contributed by atoms with Gasteiger partial charge in [-0.05, 0) is 63.0 Å². The summed E-state index contributed by atoms with van der Waals surface area (Å²) in [6, 6.07) is 11.0. The molecule has 1 atom stereocenters. The number of nitrogens with zero attached hydrogens (tertiary/aromatic N) is 5. The molecule has 4 heterocycles. The number of benzene rings is 1. The average molecular weight is 422 g/mol. The molecule has 2 fully saturated rings. The van der Waals surface area contributed by atoms with Crippen LogP contribution in [0.3, 0.4) is 0 Å². The Bertz CT molecular complexity index is 871. The fourth-order valence-electron chi connectivity index (χ4n) is 5.67. The van der Waals surface area contributed by atoms with E-state index in [1.54, 1.807) is 0 Å². The number of rotatable bonds is 5. The summed E-state index contributed by atoms with van der Waals surface area (Å²) in [6.07, 6.45) is 10.3. The zero-order chi connectivity index (χ0) is 21.0. The van der Waals surface area contributed by atoms with Gasteiger partial charge in [0.15, 0.2) is 0 Å². The second-order valence-corrected chi connectivity index (χ2v) is 9.58. The van der Waals surface area contributed by atoms with Crippen molar-refractivity contribution in [3.63, 3.8) is 0 Å². The van der Waals surface area contributed by atoms with Crippen LogP contribution >= 0.6 is 0 Å². The summed E-state index contributed by atoms with van der Waals surface area (Å²) in [5.41, 5.74) is 1.42. The van der Waals surface area contributed by atoms with E-state index in [9.17, 15) is 4.79 Å². The molecule has 2 saturated heterocycles. The van der Waals surface area contributed by atoms with Gasteiger partial charge in [-0.15, -0.1) is 10.2 Å². The smallest absolute Gasteiger partial charge is 0.236 e. The molecule has 1 aromatic heterocycles. The lowest BCUT2D eigenvalue weighted by Gasteiger charge is -2.34. The van der Waals surface area contributed by atoms with E-state index >= 15 is 0 Å². The zero-order valence-corrected chi connectivity index (χ0v) is 18.6. The molecule has 2 aromatic rings. The van der Waals surface area contributed by atoms with Gasteiger partial charge in [0, 0.05) is 26.1 Å². The highest BCUT2D eigenvalue weighted by Crippen LogP contribution is 2.32. The van der Waals surface area contributed by atoms with Crippen molar-refractivity contribution >= 4 is 5.91 Å². The molecular weight excluding hydrogens is 386 g/mol. The number of fused-ring (bicyclic) bond motifs is 1. The highest BCUT2D eigenvalue weighted by Gasteiger charge is 2.34. The van der Waals surface area contributed by atoms with Gasteiger partial charge in [0.1, 0.15) is 11.6 Å². The van der Waals surface area contributed by atoms with E-state index in [1.807, 2.05) is 0 Å². The molecule has 6 heteroatoms. The molecule has 0 saturated carbocycles. The maximum Gasteiger partial charge on any atom is 0.236 e. The zero-order valence-electron chi connectivity index (χ0n) is 18.6. The summed E-state index contributed by atoms with van der Waals surface area (Å²) in [6.45, 7) is 4.34. The maximum absolute atomic E-state index is 13.1. The Kier molecular flexibility index (Phi) is 6.35. The SMILES string of the molecule is O=C(CN1CCCC1c1nnc2n1CCCCC2)N1CCC(Cc2ccccc2)CC1. The standard InChI is InChI=1S/C25H35N5O/c31-24(28-16-12-21(13-17-28)18-20-8-3-1-4-9-20)19-29-14-7-10-22(29)25-27-26-23-11-5-2-6-15-30(23)25/h1,3-4,8-9,21-22H,2,5-7,10-19H2. The lowest BCUT2D eigenvalue weighted by Crippen LogP contribution is -2.44. The fraction of sp³-hybridized carbons (Fsp3) is 0.640. The molecule has 1 amide bonds. The topological polar surface area (TPSA) is 54.3 Å². The highest BCUT2D eigenvalue weighted by molar-refractivity contribution is 5.78. The van der Waals surface area contributed by atoms with Crippen molar-refractivity contribution in [3.8, 4) is 0 Å². The number of hydrogen-bond donors (Lipinski definition) is 0. The van der Waals surface area contributed by atoms with Gasteiger partial charge in [-0.25, -0.2) is 0 Å². The largest absolute Gasteiger partial charge is 0.342 e. The van der Waals surface area contributed by atoms with Gasteiger partial charge >= 0.3 is 0 Å². The number of likely N-dealkylation sites (tertiary alicyclic amines) is 2. The molecule has 5 rings (SSSR count). The third-order valence-electron chi connectivity index (χ3n) is 7.47. The minimum Gasteiger partial charge on any atom is -0.342 e. The van der Waals surface area contributed by atoms with Crippen LogP contribution in [0.4, 0.5) is 0 Å². The maximum atomic E-state index is 13.1. The summed E-state index contributed by atoms with van der Waals surface area (Å²) < 4.78 is 2.36. The third kappa shape index (κ3) is 4.69. The molecule has 1 unspecified atom stereocenters. The lowest BCUT2D eigenvalue weighted by molar-refractivity contribution is -0.134. The van der Waals surface area contributed by atoms with E-state index in [4.69, 9.17) is 0 Å². The molecular formula is C25H35N5O. The van der Waals surface area contributed by atoms with E-state index in [0.29, 0.717) is 18.4 Å². The Labute approximate surface area is 185 Å². The molecule has 0 N–H and O–H groups in total. The van der Waals surface area contributed by atoms with Gasteiger partial charge < -0.3 is 9.47 Å². The summed E-state index contributed by atoms with van der Waals surface area (Å²) >= 11 is 0. The van der Waals surface area contributed by atoms with Crippen molar-refractivity contribution in [1.29, 1.82) is 0 Å². The van der Waals surface area contributed by atoms with Gasteiger partial charge in [-0.2, -0.15) is 0 Å². The van der Waals surface area contributed by atoms with Crippen LogP contribution in [-0.2, 0) is 24.2 Å². The second kappa shape index (κ2) is 9.51. The first-order valence-electron chi connectivity index (χ1n) is 12.3. The quantitative estimate of drug-likeness (QED) is 0.740. The highest BCUT2D eigenvalue weighted by atomic mass is 16.2. The van der Waals surface area contributed by atoms with Crippen molar-refractivity contribution in [2.45, 2.75) is 70.4 Å². The van der Waals surface area contributed by atoms with E-state index in [1.165, 1.54) is 24.8 Å². The molecule has 0 aliphatic carbocycles. The van der Waals surface area contributed by atoms with Crippen LogP contribution in [0.15, 0.2) is 30.3 Å². The van der Waals surface area contributed by atoms with Gasteiger partial charge in [-0.1, -0.05) is 36.8 Å². The van der Waals surface area contributed by atoms with Gasteiger partial charge in [-0.3, -0.25) is 9.69 Å². The Morgan fingerprint density at radius 3 is 2.58 bits per heavy atom. The Morgan fingerprint density at radius 1 is 0.903 bits per heavy atom. The van der Waals surface area contributed by atoms with Crippen LogP contribution < -0.4 is 0 Å². The minimum atomic E-state index is 0.249. The van der Waals surface area contributed by atoms with Gasteiger partial charge in [0.2, 0.25) is 5.91 Å². The summed E-state index contributed by atoms with van der Waals surface area (Å²) in [5.74, 6) is 3.23. The van der Waals surface area contributed by atoms with Crippen molar-refractivity contribution in [2.24, 2.45) is 5.92 Å². The van der Waals surface area contributed by atoms with E-state index < -0.39 is 0 Å². The number of carbonyl (C=O) groups is 1. The molecule has 0 radical (unpaired) electrons. The predicted molar refractivity (Wildman–Crippen MR) is 121 cm³/mol. The molecule has 3 aliphatic heterocycles. The van der Waals surface area contributed by atoms with Crippen LogP contribution in [0, 0.1) is 5.92 Å². The number of amides is 1. The fourth-order valence-corrected chi connectivity index (χ4v) is 5.67. The monoisotopic (exact) mass is 421 g/mol. The van der Waals surface area contributed by atoms with Crippen molar-refractivity contribution in [2.75, 3.05) is 26.2 Å². The van der Waals surface area contributed by atoms with Crippen LogP contribution in [-0.4, -0.2) is 56.7 Å². The number of piperidine rings is 1. The number of aryl methyl sites for hydroxylation is 1. The molecule has 0 spiro atoms. The normalized spacial score (nSPS) is 23.0. The first-order valence-corrected chi connectivity index (χ1v) is 12.3. The molecule has 3 aliphatic rings. The first kappa shape index (κ1) is 20.7. The average Bonchev–Trinajstić information content (AvgIpc) is 3.34. The predicted octanol–water partition coefficient (Wildman–Crippen LogP) is 3.62. The minimum absolute atomic E-state index is 0.249. The molecule has 6 nitrogen and oxygen atoms in total. The molecule has 31 heavy (non-hydrogen) atoms. The van der Waals surface area contributed by atoms with Crippen LogP contribution in [0.1, 0.15) is 68.2 Å². The van der Waals surface area contributed by atoms with E-state index in [0.717, 1.165) is 76.4 Å². The van der Waals surface area contributed by atoms with Crippen molar-refractivity contribution < 1.29 is 4.79 Å². The lowest BCUT2D eigenvalue weighted by atomic mass is 9.90. The second-order valence-electron chi connectivity index (χ2n) is 9.58. The summed E-state index contributed by atoms with van der Waals surface area (Å²) in [7, 11) is 0. The third-order valence-corrected chi connectivity index (χ3v) is 7.47. The Balaban J connectivity index is 1.17. The van der Waals surface area contributed by atoms with Crippen LogP contribution in [0.2, 0.25) is 0 Å². The summed E-state index contributed by atoms with van der Waals surface area (Å²) in [5, 5.41) is 9.09.